The van der Waals surface area contributed by atoms with Gasteiger partial charge in [-0.3, -0.25) is 0 Å². The van der Waals surface area contributed by atoms with Crippen LogP contribution in [0.15, 0.2) is 12.3 Å². The molecule has 5 heteroatoms. The van der Waals surface area contributed by atoms with Crippen LogP contribution in [0.3, 0.4) is 0 Å². The van der Waals surface area contributed by atoms with Crippen LogP contribution in [-0.2, 0) is 6.54 Å². The Labute approximate surface area is 130 Å². The summed E-state index contributed by atoms with van der Waals surface area (Å²) in [6, 6.07) is 1.87. The van der Waals surface area contributed by atoms with Gasteiger partial charge in [0.25, 0.3) is 0 Å². The molecule has 0 aromatic carbocycles. The average molecular weight is 312 g/mol. The fraction of sp³-hybridized carbons (Fsp3) is 0.600. The van der Waals surface area contributed by atoms with E-state index in [0.717, 1.165) is 34.8 Å². The normalized spacial score (nSPS) is 11.6. The van der Waals surface area contributed by atoms with E-state index in [1.54, 1.807) is 6.20 Å². The molecule has 0 saturated heterocycles. The first-order valence-corrected chi connectivity index (χ1v) is 8.10. The minimum Gasteiger partial charge on any atom is -0.329 e. The molecule has 110 valence electrons. The predicted octanol–water partition coefficient (Wildman–Crippen LogP) is 5.35. The van der Waals surface area contributed by atoms with E-state index in [1.165, 1.54) is 25.7 Å². The second-order valence-corrected chi connectivity index (χ2v) is 6.53. The molecule has 0 aliphatic carbocycles. The summed E-state index contributed by atoms with van der Waals surface area (Å²) in [5.74, 6) is 0.811. The fourth-order valence-electron chi connectivity index (χ4n) is 2.40. The van der Waals surface area contributed by atoms with E-state index >= 15 is 0 Å². The van der Waals surface area contributed by atoms with Gasteiger partial charge < -0.3 is 9.55 Å². The highest BCUT2D eigenvalue weighted by atomic mass is 35.5. The SMILES string of the molecule is CC(C)CCCCCCn1c(=S)[nH]c2cc(Cl)cnc21. The zero-order valence-corrected chi connectivity index (χ0v) is 13.7. The van der Waals surface area contributed by atoms with E-state index in [1.807, 2.05) is 6.07 Å². The van der Waals surface area contributed by atoms with Crippen molar-refractivity contribution in [3.8, 4) is 0 Å². The molecule has 0 aliphatic heterocycles. The lowest BCUT2D eigenvalue weighted by atomic mass is 10.0. The van der Waals surface area contributed by atoms with Crippen LogP contribution in [0.2, 0.25) is 5.02 Å². The number of aromatic amines is 1. The van der Waals surface area contributed by atoms with Gasteiger partial charge in [0, 0.05) is 12.7 Å². The highest BCUT2D eigenvalue weighted by Crippen LogP contribution is 2.17. The minimum atomic E-state index is 0.634. The molecule has 0 bridgehead atoms. The quantitative estimate of drug-likeness (QED) is 0.552. The molecule has 0 atom stereocenters. The molecule has 20 heavy (non-hydrogen) atoms. The number of nitrogens with zero attached hydrogens (tertiary/aromatic N) is 2. The molecule has 2 aromatic rings. The Hall–Kier alpha value is -0.870. The molecular formula is C15H22ClN3S. The van der Waals surface area contributed by atoms with Crippen LogP contribution in [0.5, 0.6) is 0 Å². The minimum absolute atomic E-state index is 0.634. The van der Waals surface area contributed by atoms with Crippen LogP contribution in [0.1, 0.15) is 46.0 Å². The summed E-state index contributed by atoms with van der Waals surface area (Å²) in [5, 5.41) is 0.634. The van der Waals surface area contributed by atoms with Gasteiger partial charge in [-0.1, -0.05) is 51.1 Å². The lowest BCUT2D eigenvalue weighted by Gasteiger charge is -2.05. The lowest BCUT2D eigenvalue weighted by molar-refractivity contribution is 0.506. The third-order valence-electron chi connectivity index (χ3n) is 3.49. The standard InChI is InChI=1S/C15H22ClN3S/c1-11(2)7-5-3-4-6-8-19-14-13(18-15(19)20)9-12(16)10-17-14/h9-11H,3-8H2,1-2H3,(H,18,20). The van der Waals surface area contributed by atoms with Crippen molar-refractivity contribution < 1.29 is 0 Å². The average Bonchev–Trinajstić information content (AvgIpc) is 2.68. The maximum Gasteiger partial charge on any atom is 0.179 e. The Morgan fingerprint density at radius 3 is 2.80 bits per heavy atom. The van der Waals surface area contributed by atoms with Crippen molar-refractivity contribution >= 4 is 35.0 Å². The molecule has 1 N–H and O–H groups in total. The van der Waals surface area contributed by atoms with Crippen molar-refractivity contribution in [3.05, 3.63) is 22.1 Å². The van der Waals surface area contributed by atoms with Crippen LogP contribution in [0.4, 0.5) is 0 Å². The molecule has 0 amide bonds. The molecule has 3 nitrogen and oxygen atoms in total. The molecule has 2 rings (SSSR count). The van der Waals surface area contributed by atoms with Gasteiger partial charge >= 0.3 is 0 Å². The highest BCUT2D eigenvalue weighted by Gasteiger charge is 2.06. The van der Waals surface area contributed by atoms with E-state index in [4.69, 9.17) is 23.8 Å². The first kappa shape index (κ1) is 15.5. The van der Waals surface area contributed by atoms with Crippen molar-refractivity contribution in [1.82, 2.24) is 14.5 Å². The Morgan fingerprint density at radius 1 is 1.30 bits per heavy atom. The summed E-state index contributed by atoms with van der Waals surface area (Å²) in [4.78, 5) is 7.54. The van der Waals surface area contributed by atoms with Gasteiger partial charge in [0.1, 0.15) is 0 Å². The van der Waals surface area contributed by atoms with Crippen molar-refractivity contribution in [2.24, 2.45) is 5.92 Å². The van der Waals surface area contributed by atoms with Crippen molar-refractivity contribution in [3.63, 3.8) is 0 Å². The predicted molar refractivity (Wildman–Crippen MR) is 87.9 cm³/mol. The van der Waals surface area contributed by atoms with Gasteiger partial charge in [-0.2, -0.15) is 0 Å². The van der Waals surface area contributed by atoms with E-state index in [-0.39, 0.29) is 0 Å². The first-order chi connectivity index (χ1) is 9.58. The number of hydrogen-bond acceptors (Lipinski definition) is 2. The number of aryl methyl sites for hydroxylation is 1. The second-order valence-electron chi connectivity index (χ2n) is 5.70. The van der Waals surface area contributed by atoms with Gasteiger partial charge in [-0.05, 0) is 30.6 Å². The van der Waals surface area contributed by atoms with Crippen molar-refractivity contribution in [2.75, 3.05) is 0 Å². The number of halogens is 1. The number of fused-ring (bicyclic) bond motifs is 1. The number of aromatic nitrogens is 3. The van der Waals surface area contributed by atoms with Crippen LogP contribution in [0.25, 0.3) is 11.2 Å². The maximum atomic E-state index is 5.94. The topological polar surface area (TPSA) is 33.6 Å². The molecule has 0 aliphatic rings. The number of imidazole rings is 1. The zero-order chi connectivity index (χ0) is 14.5. The summed E-state index contributed by atoms with van der Waals surface area (Å²) in [6.45, 7) is 5.49. The van der Waals surface area contributed by atoms with Gasteiger partial charge in [-0.15, -0.1) is 0 Å². The largest absolute Gasteiger partial charge is 0.329 e. The molecule has 2 heterocycles. The third-order valence-corrected chi connectivity index (χ3v) is 4.02. The van der Waals surface area contributed by atoms with E-state index in [0.29, 0.717) is 5.02 Å². The molecular weight excluding hydrogens is 290 g/mol. The lowest BCUT2D eigenvalue weighted by Crippen LogP contribution is -1.99. The smallest absolute Gasteiger partial charge is 0.179 e. The number of hydrogen-bond donors (Lipinski definition) is 1. The van der Waals surface area contributed by atoms with Gasteiger partial charge in [0.05, 0.1) is 10.5 Å². The monoisotopic (exact) mass is 311 g/mol. The number of nitrogens with one attached hydrogen (secondary N) is 1. The van der Waals surface area contributed by atoms with E-state index in [2.05, 4.69) is 28.4 Å². The first-order valence-electron chi connectivity index (χ1n) is 7.32. The third kappa shape index (κ3) is 4.06. The van der Waals surface area contributed by atoms with Crippen molar-refractivity contribution in [2.45, 2.75) is 52.5 Å². The summed E-state index contributed by atoms with van der Waals surface area (Å²) in [7, 11) is 0. The molecule has 0 unspecified atom stereocenters. The number of pyridine rings is 1. The Bertz CT molecular complexity index is 615. The molecule has 0 fully saturated rings. The van der Waals surface area contributed by atoms with Gasteiger partial charge in [-0.25, -0.2) is 4.98 Å². The summed E-state index contributed by atoms with van der Waals surface area (Å²) in [6.07, 6.45) is 8.01. The Balaban J connectivity index is 1.90. The molecule has 0 spiro atoms. The Morgan fingerprint density at radius 2 is 2.05 bits per heavy atom. The summed E-state index contributed by atoms with van der Waals surface area (Å²) < 4.78 is 2.81. The zero-order valence-electron chi connectivity index (χ0n) is 12.2. The van der Waals surface area contributed by atoms with Crippen LogP contribution >= 0.6 is 23.8 Å². The highest BCUT2D eigenvalue weighted by molar-refractivity contribution is 7.71. The number of H-pyrrole nitrogens is 1. The molecule has 0 radical (unpaired) electrons. The summed E-state index contributed by atoms with van der Waals surface area (Å²) in [5.41, 5.74) is 1.82. The molecule has 2 aromatic heterocycles. The van der Waals surface area contributed by atoms with E-state index < -0.39 is 0 Å². The fourth-order valence-corrected chi connectivity index (χ4v) is 2.85. The number of unbranched alkanes of at least 4 members (excludes halogenated alkanes) is 3. The van der Waals surface area contributed by atoms with Crippen molar-refractivity contribution in [1.29, 1.82) is 0 Å². The summed E-state index contributed by atoms with van der Waals surface area (Å²) >= 11 is 11.3. The number of rotatable bonds is 7. The van der Waals surface area contributed by atoms with E-state index in [9.17, 15) is 0 Å². The maximum absolute atomic E-state index is 5.94. The van der Waals surface area contributed by atoms with Crippen LogP contribution < -0.4 is 0 Å². The van der Waals surface area contributed by atoms with Gasteiger partial charge in [0.2, 0.25) is 0 Å². The Kier molecular flexibility index (Phi) is 5.61. The van der Waals surface area contributed by atoms with Gasteiger partial charge in [0.15, 0.2) is 10.4 Å². The van der Waals surface area contributed by atoms with Crippen LogP contribution in [-0.4, -0.2) is 14.5 Å². The molecule has 0 saturated carbocycles. The second kappa shape index (κ2) is 7.23. The van der Waals surface area contributed by atoms with Crippen LogP contribution in [0, 0.1) is 10.7 Å².